The Hall–Kier alpha value is -1.21. The van der Waals surface area contributed by atoms with E-state index in [1.165, 1.54) is 9.75 Å². The first-order valence-electron chi connectivity index (χ1n) is 7.77. The molecule has 0 saturated heterocycles. The fraction of sp³-hybridized carbons (Fsp3) is 0.105. The largest absolute Gasteiger partial charge is 0.255 e. The topological polar surface area (TPSA) is 15.6 Å². The van der Waals surface area contributed by atoms with E-state index in [0.29, 0.717) is 0 Å². The van der Waals surface area contributed by atoms with Crippen LogP contribution in [0.1, 0.15) is 22.2 Å². The molecule has 0 amide bonds. The van der Waals surface area contributed by atoms with E-state index in [2.05, 4.69) is 102 Å². The van der Waals surface area contributed by atoms with E-state index < -0.39 is 0 Å². The molecule has 0 aliphatic carbocycles. The molecule has 25 heavy (non-hydrogen) atoms. The maximum Gasteiger partial charge on any atom is 0.0923 e. The third-order valence-corrected chi connectivity index (χ3v) is 6.88. The van der Waals surface area contributed by atoms with Gasteiger partial charge in [-0.2, -0.15) is 5.10 Å². The molecule has 2 aromatic heterocycles. The van der Waals surface area contributed by atoms with E-state index in [1.54, 1.807) is 22.7 Å². The molecular weight excluding hydrogens is 480 g/mol. The first-order valence-corrected chi connectivity index (χ1v) is 11.1. The molecule has 126 valence electrons. The van der Waals surface area contributed by atoms with Crippen molar-refractivity contribution in [3.8, 4) is 0 Å². The summed E-state index contributed by atoms with van der Waals surface area (Å²) in [5.41, 5.74) is 2.18. The highest BCUT2D eigenvalue weighted by atomic mass is 79.9. The molecule has 1 atom stereocenters. The van der Waals surface area contributed by atoms with Gasteiger partial charge in [0.15, 0.2) is 0 Å². The van der Waals surface area contributed by atoms with Gasteiger partial charge in [-0.3, -0.25) is 5.01 Å². The molecular formula is C19H14Br2N2S2. The molecule has 3 aromatic rings. The Balaban J connectivity index is 1.68. The highest BCUT2D eigenvalue weighted by Gasteiger charge is 2.30. The lowest BCUT2D eigenvalue weighted by molar-refractivity contribution is 0.720. The van der Waals surface area contributed by atoms with Crippen LogP contribution in [0.2, 0.25) is 0 Å². The lowest BCUT2D eigenvalue weighted by Crippen LogP contribution is -2.17. The van der Waals surface area contributed by atoms with E-state index in [4.69, 9.17) is 5.10 Å². The Morgan fingerprint density at radius 3 is 2.60 bits per heavy atom. The van der Waals surface area contributed by atoms with Gasteiger partial charge in [-0.25, -0.2) is 0 Å². The standard InChI is InChI=1S/C19H14Br2N2S2/c20-13-5-8-17(16(21)11-13)23-18(19-4-2-10-25-19)12-14(22-23)6-7-15-3-1-9-24-15/h1-11,18H,12H2/b7-6+/t18-/m1/s1. The maximum absolute atomic E-state index is 4.91. The fourth-order valence-electron chi connectivity index (χ4n) is 2.79. The number of hydrogen-bond donors (Lipinski definition) is 0. The van der Waals surface area contributed by atoms with Crippen molar-refractivity contribution in [3.05, 3.63) is 78.0 Å². The first-order chi connectivity index (χ1) is 12.2. The van der Waals surface area contributed by atoms with Gasteiger partial charge in [-0.05, 0) is 69.2 Å². The smallest absolute Gasteiger partial charge is 0.0923 e. The third-order valence-electron chi connectivity index (χ3n) is 3.95. The van der Waals surface area contributed by atoms with Gasteiger partial charge in [0, 0.05) is 25.1 Å². The van der Waals surface area contributed by atoms with Gasteiger partial charge < -0.3 is 0 Å². The molecule has 0 N–H and O–H groups in total. The van der Waals surface area contributed by atoms with Crippen LogP contribution < -0.4 is 5.01 Å². The number of hydrazone groups is 1. The summed E-state index contributed by atoms with van der Waals surface area (Å²) in [5.74, 6) is 0. The lowest BCUT2D eigenvalue weighted by atomic mass is 10.1. The number of nitrogens with zero attached hydrogens (tertiary/aromatic N) is 2. The van der Waals surface area contributed by atoms with Crippen molar-refractivity contribution in [1.29, 1.82) is 0 Å². The van der Waals surface area contributed by atoms with Crippen molar-refractivity contribution in [2.75, 3.05) is 5.01 Å². The Labute approximate surface area is 171 Å². The fourth-order valence-corrected chi connectivity index (χ4v) is 5.45. The van der Waals surface area contributed by atoms with Crippen LogP contribution in [0.15, 0.2) is 73.3 Å². The van der Waals surface area contributed by atoms with E-state index in [-0.39, 0.29) is 6.04 Å². The highest BCUT2D eigenvalue weighted by molar-refractivity contribution is 9.11. The Kier molecular flexibility index (Phi) is 5.22. The minimum Gasteiger partial charge on any atom is -0.255 e. The van der Waals surface area contributed by atoms with Gasteiger partial charge in [-0.15, -0.1) is 22.7 Å². The number of allylic oxidation sites excluding steroid dienone is 1. The highest BCUT2D eigenvalue weighted by Crippen LogP contribution is 2.41. The van der Waals surface area contributed by atoms with Crippen LogP contribution in [0.3, 0.4) is 0 Å². The van der Waals surface area contributed by atoms with E-state index in [0.717, 1.165) is 26.8 Å². The van der Waals surface area contributed by atoms with Crippen LogP contribution in [0.5, 0.6) is 0 Å². The molecule has 1 aliphatic heterocycles. The third kappa shape index (κ3) is 3.82. The molecule has 0 radical (unpaired) electrons. The molecule has 6 heteroatoms. The molecule has 2 nitrogen and oxygen atoms in total. The van der Waals surface area contributed by atoms with Crippen LogP contribution in [0.25, 0.3) is 6.08 Å². The predicted octanol–water partition coefficient (Wildman–Crippen LogP) is 7.36. The molecule has 0 saturated carbocycles. The number of rotatable bonds is 4. The summed E-state index contributed by atoms with van der Waals surface area (Å²) in [5, 5.41) is 11.3. The van der Waals surface area contributed by atoms with Gasteiger partial charge in [0.25, 0.3) is 0 Å². The SMILES string of the molecule is Brc1ccc(N2N=C(/C=C/c3cccs3)C[C@@H]2c2cccs2)c(Br)c1. The van der Waals surface area contributed by atoms with Gasteiger partial charge in [0.05, 0.1) is 17.4 Å². The zero-order valence-corrected chi connectivity index (χ0v) is 17.9. The summed E-state index contributed by atoms with van der Waals surface area (Å²) < 4.78 is 2.09. The van der Waals surface area contributed by atoms with Crippen molar-refractivity contribution in [3.63, 3.8) is 0 Å². The van der Waals surface area contributed by atoms with E-state index >= 15 is 0 Å². The Morgan fingerprint density at radius 2 is 1.88 bits per heavy atom. The normalized spacial score (nSPS) is 17.4. The number of anilines is 1. The Morgan fingerprint density at radius 1 is 1.04 bits per heavy atom. The zero-order valence-electron chi connectivity index (χ0n) is 13.1. The molecule has 0 spiro atoms. The van der Waals surface area contributed by atoms with Gasteiger partial charge in [-0.1, -0.05) is 28.1 Å². The molecule has 0 unspecified atom stereocenters. The Bertz CT molecular complexity index is 915. The number of hydrogen-bond acceptors (Lipinski definition) is 4. The van der Waals surface area contributed by atoms with Crippen molar-refractivity contribution >= 4 is 72.0 Å². The number of thiophene rings is 2. The second-order valence-corrected chi connectivity index (χ2v) is 9.34. The molecule has 3 heterocycles. The minimum atomic E-state index is 0.237. The quantitative estimate of drug-likeness (QED) is 0.370. The molecule has 1 aliphatic rings. The zero-order chi connectivity index (χ0) is 17.2. The van der Waals surface area contributed by atoms with Crippen molar-refractivity contribution in [2.24, 2.45) is 5.10 Å². The van der Waals surface area contributed by atoms with Crippen LogP contribution >= 0.6 is 54.5 Å². The van der Waals surface area contributed by atoms with E-state index in [9.17, 15) is 0 Å². The molecule has 4 rings (SSSR count). The van der Waals surface area contributed by atoms with Crippen LogP contribution in [0.4, 0.5) is 5.69 Å². The first kappa shape index (κ1) is 17.2. The van der Waals surface area contributed by atoms with Crippen molar-refractivity contribution in [2.45, 2.75) is 12.5 Å². The molecule has 1 aromatic carbocycles. The van der Waals surface area contributed by atoms with Gasteiger partial charge in [0.2, 0.25) is 0 Å². The lowest BCUT2D eigenvalue weighted by Gasteiger charge is -2.23. The molecule has 0 fully saturated rings. The van der Waals surface area contributed by atoms with Gasteiger partial charge >= 0.3 is 0 Å². The van der Waals surface area contributed by atoms with E-state index in [1.807, 2.05) is 0 Å². The average Bonchev–Trinajstić information content (AvgIpc) is 3.34. The van der Waals surface area contributed by atoms with Crippen LogP contribution in [-0.4, -0.2) is 5.71 Å². The second-order valence-electron chi connectivity index (χ2n) is 5.62. The van der Waals surface area contributed by atoms with Gasteiger partial charge in [0.1, 0.15) is 0 Å². The van der Waals surface area contributed by atoms with Crippen molar-refractivity contribution < 1.29 is 0 Å². The summed E-state index contributed by atoms with van der Waals surface area (Å²) in [7, 11) is 0. The minimum absolute atomic E-state index is 0.237. The van der Waals surface area contributed by atoms with Crippen molar-refractivity contribution in [1.82, 2.24) is 0 Å². The molecule has 0 bridgehead atoms. The summed E-state index contributed by atoms with van der Waals surface area (Å²) in [4.78, 5) is 2.58. The number of halogens is 2. The number of benzene rings is 1. The summed E-state index contributed by atoms with van der Waals surface area (Å²) in [6, 6.07) is 14.9. The van der Waals surface area contributed by atoms with Crippen LogP contribution in [-0.2, 0) is 0 Å². The summed E-state index contributed by atoms with van der Waals surface area (Å²) in [6.45, 7) is 0. The van der Waals surface area contributed by atoms with Crippen LogP contribution in [0, 0.1) is 0 Å². The average molecular weight is 494 g/mol. The second kappa shape index (κ2) is 7.58. The summed E-state index contributed by atoms with van der Waals surface area (Å²) in [6.07, 6.45) is 5.19. The monoisotopic (exact) mass is 492 g/mol. The predicted molar refractivity (Wildman–Crippen MR) is 117 cm³/mol. The maximum atomic E-state index is 4.91. The summed E-state index contributed by atoms with van der Waals surface area (Å²) >= 11 is 10.7.